The summed E-state index contributed by atoms with van der Waals surface area (Å²) in [5, 5.41) is 16.9. The first-order valence-electron chi connectivity index (χ1n) is 6.47. The summed E-state index contributed by atoms with van der Waals surface area (Å²) >= 11 is 0. The summed E-state index contributed by atoms with van der Waals surface area (Å²) in [6.07, 6.45) is 0. The predicted molar refractivity (Wildman–Crippen MR) is 86.2 cm³/mol. The van der Waals surface area contributed by atoms with Gasteiger partial charge in [-0.15, -0.1) is 0 Å². The minimum Gasteiger partial charge on any atom is -0.398 e. The lowest BCUT2D eigenvalue weighted by molar-refractivity contribution is 0.612. The summed E-state index contributed by atoms with van der Waals surface area (Å²) in [6.45, 7) is 7.05. The van der Waals surface area contributed by atoms with Crippen molar-refractivity contribution < 1.29 is 4.39 Å². The lowest BCUT2D eigenvalue weighted by Gasteiger charge is -2.02. The van der Waals surface area contributed by atoms with Crippen molar-refractivity contribution >= 4 is 5.69 Å². The molecule has 6 nitrogen and oxygen atoms in total. The molecule has 23 heavy (non-hydrogen) atoms. The fourth-order valence-electron chi connectivity index (χ4n) is 1.57. The van der Waals surface area contributed by atoms with Crippen molar-refractivity contribution in [3.05, 3.63) is 51.9 Å². The smallest absolute Gasteiger partial charge is 0.143 e. The maximum atomic E-state index is 12.8. The van der Waals surface area contributed by atoms with Crippen molar-refractivity contribution in [2.75, 3.05) is 5.73 Å². The van der Waals surface area contributed by atoms with Crippen LogP contribution in [0.3, 0.4) is 0 Å². The molecule has 0 aliphatic carbocycles. The van der Waals surface area contributed by atoms with Gasteiger partial charge in [0.1, 0.15) is 29.3 Å². The van der Waals surface area contributed by atoms with Crippen LogP contribution in [0.5, 0.6) is 0 Å². The van der Waals surface area contributed by atoms with Crippen LogP contribution in [0.15, 0.2) is 12.1 Å². The van der Waals surface area contributed by atoms with Gasteiger partial charge in [0.15, 0.2) is 0 Å². The molecule has 7 heteroatoms. The zero-order valence-electron chi connectivity index (χ0n) is 13.6. The molecule has 0 spiro atoms. The largest absolute Gasteiger partial charge is 0.398 e. The van der Waals surface area contributed by atoms with Gasteiger partial charge >= 0.3 is 0 Å². The molecule has 0 aromatic carbocycles. The van der Waals surface area contributed by atoms with Gasteiger partial charge in [0.05, 0.1) is 0 Å². The monoisotopic (exact) mass is 314 g/mol. The molecule has 2 rings (SSSR count). The molecule has 0 radical (unpaired) electrons. The lowest BCUT2D eigenvalue weighted by Crippen LogP contribution is -1.97. The minimum atomic E-state index is -0.367. The van der Waals surface area contributed by atoms with E-state index < -0.39 is 0 Å². The van der Waals surface area contributed by atoms with E-state index in [9.17, 15) is 4.39 Å². The SMILES string of the molecule is Cc1nc(C#N)cc(F)c1C.Cc1nc(C#N)cc(N)c1C.N. The van der Waals surface area contributed by atoms with E-state index in [1.807, 2.05) is 19.9 Å². The molecule has 0 fully saturated rings. The number of halogens is 1. The number of nitrogen functional groups attached to an aromatic ring is 1. The summed E-state index contributed by atoms with van der Waals surface area (Å²) in [7, 11) is 0. The summed E-state index contributed by atoms with van der Waals surface area (Å²) in [5.41, 5.74) is 9.59. The third kappa shape index (κ3) is 5.03. The van der Waals surface area contributed by atoms with Crippen molar-refractivity contribution in [2.45, 2.75) is 27.7 Å². The lowest BCUT2D eigenvalue weighted by atomic mass is 10.2. The van der Waals surface area contributed by atoms with Crippen LogP contribution in [0.25, 0.3) is 0 Å². The average Bonchev–Trinajstić information content (AvgIpc) is 2.49. The van der Waals surface area contributed by atoms with Crippen molar-refractivity contribution in [3.8, 4) is 12.1 Å². The van der Waals surface area contributed by atoms with E-state index in [1.165, 1.54) is 0 Å². The van der Waals surface area contributed by atoms with Gasteiger partial charge in [-0.1, -0.05) is 0 Å². The van der Waals surface area contributed by atoms with Gasteiger partial charge in [0, 0.05) is 28.7 Å². The van der Waals surface area contributed by atoms with Crippen LogP contribution < -0.4 is 11.9 Å². The number of anilines is 1. The molecule has 0 atom stereocenters. The van der Waals surface area contributed by atoms with Crippen LogP contribution >= 0.6 is 0 Å². The number of nitriles is 2. The molecule has 2 aromatic heterocycles. The maximum Gasteiger partial charge on any atom is 0.143 e. The van der Waals surface area contributed by atoms with Crippen LogP contribution in [-0.2, 0) is 0 Å². The molecule has 0 amide bonds. The van der Waals surface area contributed by atoms with Crippen molar-refractivity contribution in [2.24, 2.45) is 0 Å². The number of hydrogen-bond acceptors (Lipinski definition) is 6. The highest BCUT2D eigenvalue weighted by Crippen LogP contribution is 2.13. The normalized spacial score (nSPS) is 8.83. The first kappa shape index (κ1) is 20.0. The van der Waals surface area contributed by atoms with Crippen molar-refractivity contribution in [3.63, 3.8) is 0 Å². The third-order valence-electron chi connectivity index (χ3n) is 3.24. The topological polar surface area (TPSA) is 134 Å². The van der Waals surface area contributed by atoms with Gasteiger partial charge < -0.3 is 11.9 Å². The Morgan fingerprint density at radius 3 is 1.74 bits per heavy atom. The molecule has 0 saturated heterocycles. The standard InChI is InChI=1S/C8H7FN2.C8H9N3.H3N/c1-5-6(2)11-7(4-10)3-8(5)9;1-5-6(2)11-7(4-9)3-8(5)10;/h3H,1-2H3;3H,1-2H3,(H2,10,11);1H3. The Hall–Kier alpha value is -3.03. The second kappa shape index (κ2) is 8.42. The van der Waals surface area contributed by atoms with Gasteiger partial charge in [-0.2, -0.15) is 10.5 Å². The van der Waals surface area contributed by atoms with Gasteiger partial charge in [0.2, 0.25) is 0 Å². The van der Waals surface area contributed by atoms with Crippen molar-refractivity contribution in [1.82, 2.24) is 16.1 Å². The number of rotatable bonds is 0. The first-order valence-corrected chi connectivity index (χ1v) is 6.47. The van der Waals surface area contributed by atoms with Gasteiger partial charge in [-0.05, 0) is 39.3 Å². The number of nitrogens with zero attached hydrogens (tertiary/aromatic N) is 4. The van der Waals surface area contributed by atoms with E-state index in [1.54, 1.807) is 26.0 Å². The van der Waals surface area contributed by atoms with Crippen LogP contribution in [0.1, 0.15) is 33.9 Å². The molecule has 0 aliphatic heterocycles. The summed E-state index contributed by atoms with van der Waals surface area (Å²) in [5.74, 6) is -0.367. The van der Waals surface area contributed by atoms with E-state index in [4.69, 9.17) is 16.3 Å². The number of nitrogens with two attached hydrogens (primary N) is 1. The quantitative estimate of drug-likeness (QED) is 0.767. The van der Waals surface area contributed by atoms with E-state index >= 15 is 0 Å². The van der Waals surface area contributed by atoms with Crippen LogP contribution in [0, 0.1) is 56.2 Å². The van der Waals surface area contributed by atoms with Crippen LogP contribution in [0.4, 0.5) is 10.1 Å². The van der Waals surface area contributed by atoms with Crippen molar-refractivity contribution in [1.29, 1.82) is 10.5 Å². The number of hydrogen-bond donors (Lipinski definition) is 2. The van der Waals surface area contributed by atoms with Crippen LogP contribution in [0.2, 0.25) is 0 Å². The molecule has 0 saturated carbocycles. The van der Waals surface area contributed by atoms with Gasteiger partial charge in [0.25, 0.3) is 0 Å². The zero-order chi connectivity index (χ0) is 16.9. The highest BCUT2D eigenvalue weighted by atomic mass is 19.1. The van der Waals surface area contributed by atoms with Crippen LogP contribution in [-0.4, -0.2) is 9.97 Å². The fourth-order valence-corrected chi connectivity index (χ4v) is 1.57. The highest BCUT2D eigenvalue weighted by Gasteiger charge is 2.03. The van der Waals surface area contributed by atoms with E-state index in [0.29, 0.717) is 22.6 Å². The number of aromatic nitrogens is 2. The van der Waals surface area contributed by atoms with E-state index in [0.717, 1.165) is 17.3 Å². The second-order valence-electron chi connectivity index (χ2n) is 4.73. The Morgan fingerprint density at radius 2 is 1.35 bits per heavy atom. The fraction of sp³-hybridized carbons (Fsp3) is 0.250. The summed E-state index contributed by atoms with van der Waals surface area (Å²) < 4.78 is 12.8. The second-order valence-corrected chi connectivity index (χ2v) is 4.73. The molecule has 5 N–H and O–H groups in total. The van der Waals surface area contributed by atoms with E-state index in [-0.39, 0.29) is 17.7 Å². The summed E-state index contributed by atoms with van der Waals surface area (Å²) in [6, 6.07) is 6.46. The zero-order valence-corrected chi connectivity index (χ0v) is 13.6. The molecular formula is C16H19FN6. The van der Waals surface area contributed by atoms with Gasteiger partial charge in [-0.3, -0.25) is 0 Å². The number of aryl methyl sites for hydroxylation is 2. The molecule has 120 valence electrons. The first-order chi connectivity index (χ1) is 10.3. The Kier molecular flexibility index (Phi) is 7.31. The minimum absolute atomic E-state index is 0. The highest BCUT2D eigenvalue weighted by molar-refractivity contribution is 5.50. The van der Waals surface area contributed by atoms with E-state index in [2.05, 4.69) is 9.97 Å². The molecular weight excluding hydrogens is 295 g/mol. The maximum absolute atomic E-state index is 12.8. The average molecular weight is 314 g/mol. The third-order valence-corrected chi connectivity index (χ3v) is 3.24. The Bertz CT molecular complexity index is 673. The Labute approximate surface area is 135 Å². The predicted octanol–water partition coefficient (Wildman–Crippen LogP) is 3.02. The molecule has 0 aliphatic rings. The van der Waals surface area contributed by atoms with Gasteiger partial charge in [-0.25, -0.2) is 14.4 Å². The molecule has 2 heterocycles. The molecule has 0 unspecified atom stereocenters. The Morgan fingerprint density at radius 1 is 0.913 bits per heavy atom. The molecule has 0 bridgehead atoms. The number of pyridine rings is 2. The Balaban J connectivity index is 0.000000403. The summed E-state index contributed by atoms with van der Waals surface area (Å²) in [4.78, 5) is 7.86. The molecule has 2 aromatic rings.